The lowest BCUT2D eigenvalue weighted by atomic mass is 9.62. The Hall–Kier alpha value is -1.56. The Labute approximate surface area is 450 Å². The van der Waals surface area contributed by atoms with Crippen LogP contribution in [-0.4, -0.2) is 0 Å². The van der Waals surface area contributed by atoms with Crippen LogP contribution in [0, 0.1) is 72.4 Å². The Morgan fingerprint density at radius 2 is 0.845 bits per heavy atom. The second kappa shape index (κ2) is 26.5. The molecule has 0 heterocycles. The van der Waals surface area contributed by atoms with Crippen molar-refractivity contribution < 1.29 is 0 Å². The third-order valence-electron chi connectivity index (χ3n) is 16.7. The van der Waals surface area contributed by atoms with Crippen LogP contribution in [0.5, 0.6) is 0 Å². The van der Waals surface area contributed by atoms with Crippen LogP contribution >= 0.6 is 0 Å². The summed E-state index contributed by atoms with van der Waals surface area (Å²) in [6.07, 6.45) is 16.7. The minimum Gasteiger partial charge on any atom is -0.0649 e. The molecule has 0 radical (unpaired) electrons. The first kappa shape index (κ1) is 69.4. The summed E-state index contributed by atoms with van der Waals surface area (Å²) in [6, 6.07) is 18.3. The maximum atomic E-state index is 2.44. The second-order valence-electron chi connectivity index (χ2n) is 35.0. The van der Waals surface area contributed by atoms with E-state index in [1.165, 1.54) is 60.8 Å². The quantitative estimate of drug-likeness (QED) is 0.223. The van der Waals surface area contributed by atoms with Crippen molar-refractivity contribution in [1.82, 2.24) is 0 Å². The maximum Gasteiger partial charge on any atom is -0.00550 e. The number of rotatable bonds is 10. The van der Waals surface area contributed by atoms with Crippen molar-refractivity contribution in [2.24, 2.45) is 72.4 Å². The van der Waals surface area contributed by atoms with E-state index in [0.717, 1.165) is 36.5 Å². The summed E-state index contributed by atoms with van der Waals surface area (Å²) < 4.78 is 0. The van der Waals surface area contributed by atoms with E-state index in [-0.39, 0.29) is 21.7 Å². The zero-order valence-corrected chi connectivity index (χ0v) is 54.9. The lowest BCUT2D eigenvalue weighted by Gasteiger charge is -2.42. The van der Waals surface area contributed by atoms with Gasteiger partial charge in [-0.05, 0) is 170 Å². The molecule has 0 N–H and O–H groups in total. The predicted octanol–water partition coefficient (Wildman–Crippen LogP) is 23.8. The lowest BCUT2D eigenvalue weighted by Crippen LogP contribution is -2.36. The van der Waals surface area contributed by atoms with Gasteiger partial charge in [-0.25, -0.2) is 0 Å². The number of fused-ring (bicyclic) bond motifs is 2. The van der Waals surface area contributed by atoms with E-state index in [4.69, 9.17) is 0 Å². The largest absolute Gasteiger partial charge is 0.0649 e. The van der Waals surface area contributed by atoms with Gasteiger partial charge in [-0.1, -0.05) is 283 Å². The highest BCUT2D eigenvalue weighted by molar-refractivity contribution is 5.35. The highest BCUT2D eigenvalue weighted by Gasteiger charge is 2.41. The molecule has 0 heteroatoms. The van der Waals surface area contributed by atoms with Crippen LogP contribution in [0.25, 0.3) is 0 Å². The van der Waals surface area contributed by atoms with E-state index in [2.05, 4.69) is 270 Å². The molecule has 0 saturated heterocycles. The van der Waals surface area contributed by atoms with E-state index in [1.807, 2.05) is 0 Å². The van der Waals surface area contributed by atoms with Crippen LogP contribution in [0.3, 0.4) is 0 Å². The van der Waals surface area contributed by atoms with E-state index in [9.17, 15) is 0 Å². The highest BCUT2D eigenvalue weighted by Crippen LogP contribution is 2.52. The van der Waals surface area contributed by atoms with Gasteiger partial charge in [0, 0.05) is 0 Å². The van der Waals surface area contributed by atoms with Crippen molar-refractivity contribution in [3.63, 3.8) is 0 Å². The number of benzene rings is 2. The molecular formula is C71H132. The van der Waals surface area contributed by atoms with Gasteiger partial charge in [-0.15, -0.1) is 0 Å². The van der Waals surface area contributed by atoms with Crippen molar-refractivity contribution in [2.45, 2.75) is 309 Å². The lowest BCUT2D eigenvalue weighted by molar-refractivity contribution is 0.184. The highest BCUT2D eigenvalue weighted by atomic mass is 14.5. The van der Waals surface area contributed by atoms with E-state index >= 15 is 0 Å². The first-order chi connectivity index (χ1) is 31.3. The molecule has 0 aliphatic heterocycles. The third-order valence-corrected chi connectivity index (χ3v) is 16.7. The summed E-state index contributed by atoms with van der Waals surface area (Å²) in [5.74, 6) is 4.17. The zero-order chi connectivity index (χ0) is 56.3. The van der Waals surface area contributed by atoms with E-state index in [0.29, 0.717) is 37.9 Å². The molecule has 2 saturated carbocycles. The Kier molecular flexibility index (Phi) is 25.9. The second-order valence-corrected chi connectivity index (χ2v) is 35.0. The van der Waals surface area contributed by atoms with Crippen molar-refractivity contribution in [3.8, 4) is 0 Å². The molecule has 4 rings (SSSR count). The molecule has 2 aromatic carbocycles. The molecule has 0 amide bonds. The summed E-state index contributed by atoms with van der Waals surface area (Å²) >= 11 is 0. The smallest absolute Gasteiger partial charge is 0.00550 e. The predicted molar refractivity (Wildman–Crippen MR) is 327 cm³/mol. The monoisotopic (exact) mass is 985 g/mol. The maximum absolute atomic E-state index is 2.44. The van der Waals surface area contributed by atoms with Crippen LogP contribution in [0.2, 0.25) is 0 Å². The minimum absolute atomic E-state index is 0.164. The van der Waals surface area contributed by atoms with Crippen molar-refractivity contribution in [1.29, 1.82) is 0 Å². The molecule has 2 aromatic rings. The molecule has 2 aliphatic rings. The molecule has 71 heavy (non-hydrogen) atoms. The van der Waals surface area contributed by atoms with Gasteiger partial charge in [0.15, 0.2) is 0 Å². The molecule has 2 bridgehead atoms. The molecule has 0 aromatic heterocycles. The van der Waals surface area contributed by atoms with Crippen LogP contribution in [0.4, 0.5) is 0 Å². The average molecular weight is 986 g/mol. The van der Waals surface area contributed by atoms with Gasteiger partial charge in [-0.2, -0.15) is 0 Å². The van der Waals surface area contributed by atoms with Crippen molar-refractivity contribution in [3.05, 3.63) is 70.8 Å². The standard InChI is InChI=1S/C20H34.C17H36.C16H26.C12H22.C6H14/c1-17(2,3)19(7,8)15-12-11-13-16(14-15)20(9,10)18(4,5)6;1-14(12-16(5,6)7)13-17(8,9)11-10-15(2,3)4;1-15(2,3)11-13-8-7-9-14(10-13)12-16(4,5)6;1-12(2,3)8-11-7-9-4-5-10(11)6-9;1-5-6(2,3)4/h11-14H,1-10H3;14H,10-13H2,1-9H3;7-10H,11-12H2,1-6H3;9-11H,4-8H2,1-3H3;5H2,1-4H3. The van der Waals surface area contributed by atoms with Crippen molar-refractivity contribution in [2.75, 3.05) is 0 Å². The van der Waals surface area contributed by atoms with Crippen LogP contribution < -0.4 is 0 Å². The fourth-order valence-electron chi connectivity index (χ4n) is 10.5. The van der Waals surface area contributed by atoms with Crippen molar-refractivity contribution >= 4 is 0 Å². The summed E-state index contributed by atoms with van der Waals surface area (Å²) in [7, 11) is 0. The van der Waals surface area contributed by atoms with Crippen LogP contribution in [-0.2, 0) is 23.7 Å². The van der Waals surface area contributed by atoms with Gasteiger partial charge in [0.1, 0.15) is 0 Å². The summed E-state index contributed by atoms with van der Waals surface area (Å²) in [5.41, 5.74) is 9.95. The van der Waals surface area contributed by atoms with Gasteiger partial charge >= 0.3 is 0 Å². The summed E-state index contributed by atoms with van der Waals surface area (Å²) in [6.45, 7) is 74.7. The SMILES string of the molecule is CC(C)(C)C(C)(C)c1cccc(C(C)(C)C(C)(C)C)c1.CC(C)(C)CC1CC2CCC1C2.CC(C)(C)Cc1cccc(CC(C)(C)C)c1.CC(CC(C)(C)C)CC(C)(C)CCC(C)(C)C.CCC(C)(C)C. The molecule has 0 spiro atoms. The minimum atomic E-state index is 0.164. The number of hydrogen-bond acceptors (Lipinski definition) is 0. The third kappa shape index (κ3) is 29.9. The van der Waals surface area contributed by atoms with Gasteiger partial charge in [-0.3, -0.25) is 0 Å². The molecule has 4 atom stereocenters. The van der Waals surface area contributed by atoms with Crippen LogP contribution in [0.1, 0.15) is 308 Å². The molecule has 0 nitrogen and oxygen atoms in total. The Morgan fingerprint density at radius 3 is 1.14 bits per heavy atom. The van der Waals surface area contributed by atoms with E-state index in [1.54, 1.807) is 25.7 Å². The normalized spacial score (nSPS) is 18.7. The fourth-order valence-corrected chi connectivity index (χ4v) is 10.5. The van der Waals surface area contributed by atoms with Gasteiger partial charge in [0.25, 0.3) is 0 Å². The Bertz CT molecular complexity index is 1690. The van der Waals surface area contributed by atoms with Gasteiger partial charge in [0.05, 0.1) is 0 Å². The first-order valence-corrected chi connectivity index (χ1v) is 29.5. The first-order valence-electron chi connectivity index (χ1n) is 29.5. The Balaban J connectivity index is 0.000000894. The fraction of sp³-hybridized carbons (Fsp3) is 0.831. The topological polar surface area (TPSA) is 0 Å². The molecular weight excluding hydrogens is 853 g/mol. The van der Waals surface area contributed by atoms with Gasteiger partial charge < -0.3 is 0 Å². The molecule has 2 aliphatic carbocycles. The molecule has 4 unspecified atom stereocenters. The summed E-state index contributed by atoms with van der Waals surface area (Å²) in [4.78, 5) is 0. The molecule has 416 valence electrons. The Morgan fingerprint density at radius 1 is 0.437 bits per heavy atom. The summed E-state index contributed by atoms with van der Waals surface area (Å²) in [5, 5.41) is 0. The number of hydrogen-bond donors (Lipinski definition) is 0. The van der Waals surface area contributed by atoms with E-state index < -0.39 is 0 Å². The molecule has 2 fully saturated rings. The van der Waals surface area contributed by atoms with Crippen LogP contribution in [0.15, 0.2) is 48.5 Å². The van der Waals surface area contributed by atoms with Gasteiger partial charge in [0.2, 0.25) is 0 Å². The zero-order valence-electron chi connectivity index (χ0n) is 54.9. The average Bonchev–Trinajstić information content (AvgIpc) is 3.74.